The number of aryl methyl sites for hydroxylation is 1. The lowest BCUT2D eigenvalue weighted by Gasteiger charge is -2.47. The van der Waals surface area contributed by atoms with E-state index in [2.05, 4.69) is 15.7 Å². The summed E-state index contributed by atoms with van der Waals surface area (Å²) in [5.74, 6) is -2.99. The predicted molar refractivity (Wildman–Crippen MR) is 177 cm³/mol. The summed E-state index contributed by atoms with van der Waals surface area (Å²) in [6.45, 7) is 13.6. The lowest BCUT2D eigenvalue weighted by Crippen LogP contribution is -2.60. The first kappa shape index (κ1) is 40.1. The minimum absolute atomic E-state index is 0.159. The molecule has 0 unspecified atom stereocenters. The quantitative estimate of drug-likeness (QED) is 0.217. The maximum absolute atomic E-state index is 13.4. The highest BCUT2D eigenvalue weighted by Crippen LogP contribution is 2.36. The van der Waals surface area contributed by atoms with E-state index in [1.807, 2.05) is 6.92 Å². The number of amides is 2. The zero-order valence-corrected chi connectivity index (χ0v) is 30.0. The Hall–Kier alpha value is -2.37. The first-order valence-corrected chi connectivity index (χ1v) is 17.0. The Kier molecular flexibility index (Phi) is 13.4. The van der Waals surface area contributed by atoms with Crippen molar-refractivity contribution in [2.75, 3.05) is 18.9 Å². The van der Waals surface area contributed by atoms with Gasteiger partial charge in [-0.1, -0.05) is 20.8 Å². The highest BCUT2D eigenvalue weighted by atomic mass is 16.7. The van der Waals surface area contributed by atoms with E-state index < -0.39 is 90.0 Å². The third-order valence-electron chi connectivity index (χ3n) is 10.1. The number of cyclic esters (lactones) is 1. The first-order chi connectivity index (χ1) is 22.2. The third-order valence-corrected chi connectivity index (χ3v) is 10.1. The Labute approximate surface area is 283 Å². The summed E-state index contributed by atoms with van der Waals surface area (Å²) in [4.78, 5) is 27.9. The van der Waals surface area contributed by atoms with Crippen LogP contribution in [-0.4, -0.2) is 132 Å². The Bertz CT molecular complexity index is 1210. The fourth-order valence-electron chi connectivity index (χ4n) is 7.08. The zero-order chi connectivity index (χ0) is 36.3. The van der Waals surface area contributed by atoms with Crippen LogP contribution in [0.5, 0.6) is 0 Å². The van der Waals surface area contributed by atoms with Crippen LogP contribution in [0.4, 0.5) is 10.5 Å². The van der Waals surface area contributed by atoms with Crippen molar-refractivity contribution in [3.63, 3.8) is 0 Å². The van der Waals surface area contributed by atoms with Crippen molar-refractivity contribution in [3.8, 4) is 0 Å². The molecule has 0 aliphatic carbocycles. The number of aliphatic hydroxyl groups excluding tert-OH is 3. The summed E-state index contributed by atoms with van der Waals surface area (Å²) in [7, 11) is 3.28. The monoisotopic (exact) mass is 685 g/mol. The molecule has 7 N–H and O–H groups in total. The van der Waals surface area contributed by atoms with Gasteiger partial charge >= 0.3 is 12.0 Å². The van der Waals surface area contributed by atoms with Crippen LogP contribution in [0.15, 0.2) is 12.4 Å². The number of rotatable bonds is 5. The van der Waals surface area contributed by atoms with Gasteiger partial charge in [0.05, 0.1) is 47.8 Å². The van der Waals surface area contributed by atoms with Crippen molar-refractivity contribution in [1.82, 2.24) is 20.0 Å². The van der Waals surface area contributed by atoms with Crippen LogP contribution in [0.3, 0.4) is 0 Å². The zero-order valence-electron chi connectivity index (χ0n) is 30.0. The summed E-state index contributed by atoms with van der Waals surface area (Å²) in [5, 5.41) is 67.5. The van der Waals surface area contributed by atoms with Gasteiger partial charge in [0, 0.05) is 32.3 Å². The van der Waals surface area contributed by atoms with Gasteiger partial charge in [0.1, 0.15) is 23.9 Å². The number of hydrogen-bond donors (Lipinski definition) is 7. The van der Waals surface area contributed by atoms with Gasteiger partial charge in [0.25, 0.3) is 0 Å². The molecule has 14 atom stereocenters. The summed E-state index contributed by atoms with van der Waals surface area (Å²) in [6.07, 6.45) is -4.18. The molecule has 15 nitrogen and oxygen atoms in total. The largest absolute Gasteiger partial charge is 0.459 e. The smallest absolute Gasteiger partial charge is 0.322 e. The Balaban J connectivity index is 1.92. The summed E-state index contributed by atoms with van der Waals surface area (Å²) in [6, 6.07) is -1.80. The third kappa shape index (κ3) is 9.24. The van der Waals surface area contributed by atoms with E-state index in [1.165, 1.54) is 24.9 Å². The topological polar surface area (TPSA) is 208 Å². The molecule has 3 rings (SSSR count). The molecular formula is C33H59N5O10. The maximum atomic E-state index is 13.4. The summed E-state index contributed by atoms with van der Waals surface area (Å²) >= 11 is 0. The number of carbonyl (C=O) groups excluding carboxylic acids is 2. The van der Waals surface area contributed by atoms with Crippen molar-refractivity contribution < 1.29 is 49.3 Å². The molecule has 276 valence electrons. The molecule has 2 fully saturated rings. The summed E-state index contributed by atoms with van der Waals surface area (Å²) < 4.78 is 19.7. The second-order valence-corrected chi connectivity index (χ2v) is 14.6. The van der Waals surface area contributed by atoms with Crippen molar-refractivity contribution in [3.05, 3.63) is 12.4 Å². The number of carbonyl (C=O) groups is 2. The standard InChI is InChI=1S/C33H59N5O10/c1-11-24-33(8,45)27(41)21(6)34-14-17(2)13-32(7,44)28(19(4)25(39)20(5)29(42)47-24)48-30-26(40)23(12-18(3)46-30)38(10)31(43)36-22-15-35-37(9)16-22/h15-21,23-28,30,34,39-41,44-45H,11-14H2,1-10H3,(H,36,43)/t17-,18-,19+,20-,21-,23+,24-,25+,26-,27-,28-,30+,32-,33-/m1/s1. The lowest BCUT2D eigenvalue weighted by atomic mass is 9.78. The summed E-state index contributed by atoms with van der Waals surface area (Å²) in [5.41, 5.74) is -2.93. The number of anilines is 1. The number of ether oxygens (including phenoxy) is 3. The number of likely N-dealkylation sites (N-methyl/N-ethyl adjacent to an activating group) is 1. The van der Waals surface area contributed by atoms with Crippen LogP contribution in [0.2, 0.25) is 0 Å². The van der Waals surface area contributed by atoms with Gasteiger partial charge in [-0.3, -0.25) is 9.48 Å². The Morgan fingerprint density at radius 1 is 1.17 bits per heavy atom. The molecule has 3 heterocycles. The highest BCUT2D eigenvalue weighted by Gasteiger charge is 2.49. The Morgan fingerprint density at radius 2 is 1.81 bits per heavy atom. The van der Waals surface area contributed by atoms with Crippen LogP contribution in [0, 0.1) is 17.8 Å². The molecule has 0 radical (unpaired) electrons. The maximum Gasteiger partial charge on any atom is 0.322 e. The molecule has 0 aromatic carbocycles. The molecule has 2 aliphatic heterocycles. The van der Waals surface area contributed by atoms with Crippen molar-refractivity contribution in [1.29, 1.82) is 0 Å². The van der Waals surface area contributed by atoms with Gasteiger partial charge in [0.2, 0.25) is 0 Å². The van der Waals surface area contributed by atoms with E-state index in [0.29, 0.717) is 18.7 Å². The van der Waals surface area contributed by atoms with E-state index in [1.54, 1.807) is 59.6 Å². The van der Waals surface area contributed by atoms with Crippen LogP contribution in [-0.2, 0) is 26.1 Å². The predicted octanol–water partition coefficient (Wildman–Crippen LogP) is 0.969. The van der Waals surface area contributed by atoms with Gasteiger partial charge in [-0.05, 0) is 66.3 Å². The number of nitrogens with zero attached hydrogens (tertiary/aromatic N) is 3. The normalized spacial score (nSPS) is 42.3. The molecule has 15 heteroatoms. The van der Waals surface area contributed by atoms with Crippen LogP contribution in [0.1, 0.15) is 74.7 Å². The van der Waals surface area contributed by atoms with Crippen molar-refractivity contribution in [2.45, 2.75) is 141 Å². The SMILES string of the molecule is CC[C@H]1OC(=O)[C@H](C)[C@@H](O)[C@H](C)[C@@H](O[C@@H]2O[C@H](C)C[C@H](N(C)C(=O)Nc3cnn(C)c3)[C@H]2O)[C@](C)(O)C[C@@H](C)CN[C@H](C)[C@@H](O)[C@]1(C)O. The Morgan fingerprint density at radius 3 is 2.40 bits per heavy atom. The van der Waals surface area contributed by atoms with Crippen LogP contribution < -0.4 is 10.6 Å². The van der Waals surface area contributed by atoms with E-state index >= 15 is 0 Å². The fraction of sp³-hybridized carbons (Fsp3) is 0.848. The van der Waals surface area contributed by atoms with Crippen molar-refractivity contribution >= 4 is 17.7 Å². The van der Waals surface area contributed by atoms with Crippen LogP contribution in [0.25, 0.3) is 0 Å². The lowest BCUT2D eigenvalue weighted by molar-refractivity contribution is -0.298. The fourth-order valence-corrected chi connectivity index (χ4v) is 7.08. The molecule has 48 heavy (non-hydrogen) atoms. The number of esters is 1. The molecule has 2 aliphatic rings. The molecule has 1 aromatic heterocycles. The molecule has 2 saturated heterocycles. The highest BCUT2D eigenvalue weighted by molar-refractivity contribution is 5.89. The molecule has 1 aromatic rings. The second kappa shape index (κ2) is 16.1. The molecule has 0 bridgehead atoms. The molecular weight excluding hydrogens is 626 g/mol. The molecule has 2 amide bonds. The number of aromatic nitrogens is 2. The number of hydrogen-bond acceptors (Lipinski definition) is 12. The van der Waals surface area contributed by atoms with Gasteiger partial charge in [-0.25, -0.2) is 4.79 Å². The average Bonchev–Trinajstić information content (AvgIpc) is 3.43. The van der Waals surface area contributed by atoms with Gasteiger partial charge in [-0.2, -0.15) is 5.10 Å². The number of nitrogens with one attached hydrogen (secondary N) is 2. The molecule has 0 saturated carbocycles. The van der Waals surface area contributed by atoms with E-state index in [0.717, 1.165) is 0 Å². The van der Waals surface area contributed by atoms with E-state index in [4.69, 9.17) is 14.2 Å². The minimum atomic E-state index is -1.79. The van der Waals surface area contributed by atoms with Crippen LogP contribution >= 0.6 is 0 Å². The number of urea groups is 1. The number of aliphatic hydroxyl groups is 5. The van der Waals surface area contributed by atoms with E-state index in [9.17, 15) is 35.1 Å². The molecule has 0 spiro atoms. The van der Waals surface area contributed by atoms with Gasteiger partial charge in [0.15, 0.2) is 6.29 Å². The first-order valence-electron chi connectivity index (χ1n) is 17.0. The second-order valence-electron chi connectivity index (χ2n) is 14.6. The minimum Gasteiger partial charge on any atom is -0.459 e. The average molecular weight is 686 g/mol. The van der Waals surface area contributed by atoms with Gasteiger partial charge < -0.3 is 55.3 Å². The van der Waals surface area contributed by atoms with E-state index in [-0.39, 0.29) is 18.8 Å². The van der Waals surface area contributed by atoms with Gasteiger partial charge in [-0.15, -0.1) is 0 Å². The van der Waals surface area contributed by atoms with Crippen molar-refractivity contribution in [2.24, 2.45) is 24.8 Å².